The largest absolute Gasteiger partial charge is 0.290 e. The molecule has 0 aliphatic rings. The lowest BCUT2D eigenvalue weighted by molar-refractivity contribution is 0.380. The van der Waals surface area contributed by atoms with Gasteiger partial charge in [0.15, 0.2) is 0 Å². The van der Waals surface area contributed by atoms with E-state index in [9.17, 15) is 9.59 Å². The molecule has 0 aromatic carbocycles. The van der Waals surface area contributed by atoms with E-state index in [4.69, 9.17) is 0 Å². The van der Waals surface area contributed by atoms with Crippen LogP contribution in [0.2, 0.25) is 0 Å². The molecule has 0 spiro atoms. The second kappa shape index (κ2) is 8.63. The fraction of sp³-hybridized carbons (Fsp3) is 0.846. The van der Waals surface area contributed by atoms with E-state index in [0.717, 1.165) is 38.5 Å². The fourth-order valence-corrected chi connectivity index (χ4v) is 1.70. The van der Waals surface area contributed by atoms with Crippen molar-refractivity contribution in [3.8, 4) is 0 Å². The minimum absolute atomic E-state index is 0.623. The van der Waals surface area contributed by atoms with Crippen LogP contribution in [0.1, 0.15) is 65.2 Å². The third-order valence-electron chi connectivity index (χ3n) is 2.80. The van der Waals surface area contributed by atoms with Gasteiger partial charge in [-0.05, 0) is 12.8 Å². The highest BCUT2D eigenvalue weighted by atomic mass is 16.1. The molecule has 0 bridgehead atoms. The lowest BCUT2D eigenvalue weighted by Crippen LogP contribution is -2.24. The van der Waals surface area contributed by atoms with E-state index in [0.29, 0.717) is 12.8 Å². The van der Waals surface area contributed by atoms with Crippen LogP contribution in [0.15, 0.2) is 0 Å². The zero-order valence-corrected chi connectivity index (χ0v) is 9.97. The van der Waals surface area contributed by atoms with Crippen LogP contribution in [-0.4, -0.2) is 12.6 Å². The van der Waals surface area contributed by atoms with Crippen molar-refractivity contribution < 1.29 is 9.59 Å². The molecule has 0 saturated carbocycles. The Balaban J connectivity index is 4.05. The Bertz CT molecular complexity index is 155. The predicted molar refractivity (Wildman–Crippen MR) is 62.1 cm³/mol. The van der Waals surface area contributed by atoms with Gasteiger partial charge in [0.25, 0.3) is 0 Å². The second-order valence-electron chi connectivity index (χ2n) is 4.20. The lowest BCUT2D eigenvalue weighted by atomic mass is 9.81. The molecule has 0 rings (SSSR count). The summed E-state index contributed by atoms with van der Waals surface area (Å²) in [5.41, 5.74) is -0.926. The molecule has 0 aliphatic heterocycles. The Labute approximate surface area is 93.4 Å². The van der Waals surface area contributed by atoms with E-state index in [-0.39, 0.29) is 0 Å². The van der Waals surface area contributed by atoms with E-state index in [1.165, 1.54) is 0 Å². The van der Waals surface area contributed by atoms with Gasteiger partial charge in [0.1, 0.15) is 5.41 Å². The minimum atomic E-state index is -0.926. The van der Waals surface area contributed by atoms with Crippen molar-refractivity contribution in [2.24, 2.45) is 5.41 Å². The van der Waals surface area contributed by atoms with Crippen molar-refractivity contribution in [1.82, 2.24) is 0 Å². The van der Waals surface area contributed by atoms with E-state index >= 15 is 0 Å². The summed E-state index contributed by atoms with van der Waals surface area (Å²) >= 11 is 0. The van der Waals surface area contributed by atoms with Crippen molar-refractivity contribution in [1.29, 1.82) is 0 Å². The number of carbonyl (C=O) groups excluding carboxylic acids is 2. The van der Waals surface area contributed by atoms with Crippen molar-refractivity contribution in [3.63, 3.8) is 0 Å². The first-order chi connectivity index (χ1) is 7.24. The Morgan fingerprint density at radius 1 is 0.800 bits per heavy atom. The molecule has 0 unspecified atom stereocenters. The first kappa shape index (κ1) is 14.3. The summed E-state index contributed by atoms with van der Waals surface area (Å²) < 4.78 is 0. The third-order valence-corrected chi connectivity index (χ3v) is 2.80. The van der Waals surface area contributed by atoms with E-state index in [1.807, 2.05) is 12.6 Å². The van der Waals surface area contributed by atoms with Gasteiger partial charge in [-0.25, -0.2) is 0 Å². The number of unbranched alkanes of at least 4 members (excludes halogenated alkanes) is 4. The molecule has 0 heterocycles. The molecule has 0 fully saturated rings. The highest BCUT2D eigenvalue weighted by molar-refractivity contribution is 5.84. The van der Waals surface area contributed by atoms with Gasteiger partial charge >= 0.3 is 0 Å². The predicted octanol–water partition coefficient (Wildman–Crippen LogP) is 3.35. The lowest BCUT2D eigenvalue weighted by Gasteiger charge is -2.19. The van der Waals surface area contributed by atoms with Crippen LogP contribution in [-0.2, 0) is 9.59 Å². The van der Waals surface area contributed by atoms with Gasteiger partial charge in [-0.15, -0.1) is 0 Å². The molecule has 2 heteroatoms. The van der Waals surface area contributed by atoms with Crippen LogP contribution in [0.4, 0.5) is 0 Å². The van der Waals surface area contributed by atoms with Crippen LogP contribution >= 0.6 is 0 Å². The molecular formula is C13H22O2. The van der Waals surface area contributed by atoms with Crippen LogP contribution in [0.3, 0.4) is 0 Å². The summed E-state index contributed by atoms with van der Waals surface area (Å²) in [6.45, 7) is 4.21. The first-order valence-electron chi connectivity index (χ1n) is 6.03. The van der Waals surface area contributed by atoms with E-state index in [1.54, 1.807) is 0 Å². The molecule has 15 heavy (non-hydrogen) atoms. The van der Waals surface area contributed by atoms with Gasteiger partial charge in [-0.1, -0.05) is 52.4 Å². The number of hydrogen-bond acceptors (Lipinski definition) is 2. The topological polar surface area (TPSA) is 34.1 Å². The van der Waals surface area contributed by atoms with Gasteiger partial charge in [0.05, 0.1) is 0 Å². The summed E-state index contributed by atoms with van der Waals surface area (Å²) in [4.78, 5) is 21.7. The summed E-state index contributed by atoms with van der Waals surface area (Å²) in [6, 6.07) is 0. The van der Waals surface area contributed by atoms with E-state index in [2.05, 4.69) is 13.8 Å². The number of rotatable bonds is 10. The number of hydrogen-bond donors (Lipinski definition) is 0. The summed E-state index contributed by atoms with van der Waals surface area (Å²) in [5.74, 6) is 0. The molecule has 0 saturated heterocycles. The van der Waals surface area contributed by atoms with Gasteiger partial charge < -0.3 is 0 Å². The van der Waals surface area contributed by atoms with Crippen molar-refractivity contribution in [2.75, 3.05) is 0 Å². The average Bonchev–Trinajstić information content (AvgIpc) is 2.28. The standard InChI is InChI=1S/C13H22O2/c1-3-5-7-9-13(11-14,12-15)10-8-6-4-2/h3-10H2,1-2H3. The van der Waals surface area contributed by atoms with Gasteiger partial charge in [0.2, 0.25) is 12.6 Å². The Kier molecular flexibility index (Phi) is 8.25. The first-order valence-corrected chi connectivity index (χ1v) is 6.03. The molecule has 86 valence electrons. The maximum absolute atomic E-state index is 10.9. The van der Waals surface area contributed by atoms with Crippen LogP contribution in [0.5, 0.6) is 0 Å². The van der Waals surface area contributed by atoms with Crippen LogP contribution < -0.4 is 0 Å². The fourth-order valence-electron chi connectivity index (χ4n) is 1.70. The SMILES string of the molecule is CCCCCC([C]=O)([C]=O)CCCCC. The van der Waals surface area contributed by atoms with Gasteiger partial charge in [-0.3, -0.25) is 9.59 Å². The zero-order valence-electron chi connectivity index (χ0n) is 9.97. The highest BCUT2D eigenvalue weighted by Gasteiger charge is 2.30. The maximum atomic E-state index is 10.9. The molecule has 0 aromatic heterocycles. The molecule has 2 nitrogen and oxygen atoms in total. The van der Waals surface area contributed by atoms with Crippen molar-refractivity contribution in [2.45, 2.75) is 65.2 Å². The van der Waals surface area contributed by atoms with Crippen molar-refractivity contribution >= 4 is 12.6 Å². The van der Waals surface area contributed by atoms with Crippen molar-refractivity contribution in [3.05, 3.63) is 0 Å². The van der Waals surface area contributed by atoms with Crippen LogP contribution in [0.25, 0.3) is 0 Å². The summed E-state index contributed by atoms with van der Waals surface area (Å²) in [5, 5.41) is 0. The monoisotopic (exact) mass is 210 g/mol. The molecular weight excluding hydrogens is 188 g/mol. The Morgan fingerprint density at radius 2 is 1.20 bits per heavy atom. The third kappa shape index (κ3) is 5.71. The Hall–Kier alpha value is -0.660. The molecule has 0 aliphatic carbocycles. The molecule has 2 radical (unpaired) electrons. The molecule has 0 amide bonds. The average molecular weight is 210 g/mol. The molecule has 0 atom stereocenters. The van der Waals surface area contributed by atoms with Gasteiger partial charge in [0, 0.05) is 0 Å². The second-order valence-corrected chi connectivity index (χ2v) is 4.20. The minimum Gasteiger partial charge on any atom is -0.290 e. The summed E-state index contributed by atoms with van der Waals surface area (Å²) in [6.07, 6.45) is 11.2. The zero-order chi connectivity index (χ0) is 11.6. The smallest absolute Gasteiger partial charge is 0.213 e. The quantitative estimate of drug-likeness (QED) is 0.409. The summed E-state index contributed by atoms with van der Waals surface area (Å²) in [7, 11) is 0. The van der Waals surface area contributed by atoms with E-state index < -0.39 is 5.41 Å². The Morgan fingerprint density at radius 3 is 1.47 bits per heavy atom. The molecule has 0 N–H and O–H groups in total. The highest BCUT2D eigenvalue weighted by Crippen LogP contribution is 2.27. The van der Waals surface area contributed by atoms with Gasteiger partial charge in [-0.2, -0.15) is 0 Å². The maximum Gasteiger partial charge on any atom is 0.213 e. The normalized spacial score (nSPS) is 11.3. The molecule has 0 aromatic rings. The van der Waals surface area contributed by atoms with Crippen LogP contribution in [0, 0.1) is 5.41 Å².